The van der Waals surface area contributed by atoms with E-state index in [0.29, 0.717) is 17.4 Å². The third-order valence-electron chi connectivity index (χ3n) is 5.27. The molecule has 0 aromatic heterocycles. The minimum absolute atomic E-state index is 0.0127. The Labute approximate surface area is 144 Å². The number of nitrogens with one attached hydrogen (secondary N) is 1. The van der Waals surface area contributed by atoms with E-state index in [2.05, 4.69) is 19.2 Å². The zero-order chi connectivity index (χ0) is 17.5. The summed E-state index contributed by atoms with van der Waals surface area (Å²) in [6.45, 7) is 9.12. The molecule has 5 heteroatoms. The van der Waals surface area contributed by atoms with Crippen molar-refractivity contribution in [2.75, 3.05) is 19.0 Å². The van der Waals surface area contributed by atoms with Crippen molar-refractivity contribution < 1.29 is 14.3 Å². The number of ether oxygens (including phenoxy) is 2. The van der Waals surface area contributed by atoms with E-state index in [0.717, 1.165) is 13.0 Å². The maximum absolute atomic E-state index is 12.8. The molecule has 132 valence electrons. The van der Waals surface area contributed by atoms with Gasteiger partial charge in [-0.25, -0.2) is 4.79 Å². The van der Waals surface area contributed by atoms with E-state index >= 15 is 0 Å². The Kier molecular flexibility index (Phi) is 4.47. The second kappa shape index (κ2) is 6.28. The van der Waals surface area contributed by atoms with E-state index in [1.165, 1.54) is 0 Å². The number of nitrogens with zero attached hydrogens (tertiary/aromatic N) is 1. The molecule has 1 saturated carbocycles. The normalized spacial score (nSPS) is 27.3. The Morgan fingerprint density at radius 1 is 1.38 bits per heavy atom. The van der Waals surface area contributed by atoms with Crippen molar-refractivity contribution in [2.45, 2.75) is 52.4 Å². The first kappa shape index (κ1) is 17.1. The number of rotatable bonds is 4. The van der Waals surface area contributed by atoms with Crippen LogP contribution in [0.2, 0.25) is 0 Å². The lowest BCUT2D eigenvalue weighted by molar-refractivity contribution is -0.137. The van der Waals surface area contributed by atoms with Gasteiger partial charge in [0.05, 0.1) is 17.9 Å². The van der Waals surface area contributed by atoms with Gasteiger partial charge in [0, 0.05) is 31.0 Å². The van der Waals surface area contributed by atoms with Crippen molar-refractivity contribution >= 4 is 11.7 Å². The smallest absolute Gasteiger partial charge is 0.321 e. The fourth-order valence-electron chi connectivity index (χ4n) is 4.34. The highest BCUT2D eigenvalue weighted by Gasteiger charge is 2.61. The molecule has 1 aromatic rings. The second-order valence-corrected chi connectivity index (χ2v) is 7.71. The number of hydrogen-bond acceptors (Lipinski definition) is 3. The Balaban J connectivity index is 1.71. The lowest BCUT2D eigenvalue weighted by Crippen LogP contribution is -2.67. The van der Waals surface area contributed by atoms with Crippen LogP contribution in [-0.2, 0) is 4.74 Å². The number of urea groups is 1. The molecule has 2 amide bonds. The number of carbonyl (C=O) groups is 1. The van der Waals surface area contributed by atoms with Crippen molar-refractivity contribution in [3.63, 3.8) is 0 Å². The molecule has 0 spiro atoms. The number of amides is 2. The molecule has 1 aliphatic carbocycles. The Morgan fingerprint density at radius 3 is 2.79 bits per heavy atom. The maximum Gasteiger partial charge on any atom is 0.321 e. The molecular formula is C19H28N2O3. The molecule has 2 fully saturated rings. The fourth-order valence-corrected chi connectivity index (χ4v) is 4.34. The summed E-state index contributed by atoms with van der Waals surface area (Å²) in [6.07, 6.45) is 1.36. The molecule has 5 nitrogen and oxygen atoms in total. The van der Waals surface area contributed by atoms with Crippen LogP contribution < -0.4 is 10.1 Å². The van der Waals surface area contributed by atoms with E-state index in [9.17, 15) is 4.79 Å². The van der Waals surface area contributed by atoms with Crippen LogP contribution in [0.15, 0.2) is 24.3 Å². The van der Waals surface area contributed by atoms with Gasteiger partial charge in [-0.2, -0.15) is 0 Å². The SMILES string of the molecule is CC(C)Oc1ccccc1NC(=O)N(C)[C@@H]1[C@H]2CCO[C@@H]2C1(C)C. The van der Waals surface area contributed by atoms with Crippen LogP contribution in [0.3, 0.4) is 0 Å². The quantitative estimate of drug-likeness (QED) is 0.913. The first-order valence-electron chi connectivity index (χ1n) is 8.73. The molecule has 1 aromatic carbocycles. The number of fused-ring (bicyclic) bond motifs is 1. The van der Waals surface area contributed by atoms with Crippen LogP contribution in [0.4, 0.5) is 10.5 Å². The lowest BCUT2D eigenvalue weighted by Gasteiger charge is -2.57. The molecule has 0 bridgehead atoms. The average Bonchev–Trinajstić information content (AvgIpc) is 2.94. The summed E-state index contributed by atoms with van der Waals surface area (Å²) >= 11 is 0. The molecular weight excluding hydrogens is 304 g/mol. The largest absolute Gasteiger partial charge is 0.489 e. The van der Waals surface area contributed by atoms with Gasteiger partial charge in [-0.05, 0) is 32.4 Å². The minimum atomic E-state index is -0.0989. The van der Waals surface area contributed by atoms with Gasteiger partial charge in [-0.3, -0.25) is 0 Å². The summed E-state index contributed by atoms with van der Waals surface area (Å²) in [4.78, 5) is 14.6. The van der Waals surface area contributed by atoms with Gasteiger partial charge in [0.2, 0.25) is 0 Å². The number of para-hydroxylation sites is 2. The zero-order valence-corrected chi connectivity index (χ0v) is 15.2. The molecule has 3 atom stereocenters. The van der Waals surface area contributed by atoms with E-state index < -0.39 is 0 Å². The second-order valence-electron chi connectivity index (χ2n) is 7.71. The summed E-state index contributed by atoms with van der Waals surface area (Å²) in [6, 6.07) is 7.66. The number of carbonyl (C=O) groups excluding carboxylic acids is 1. The number of anilines is 1. The van der Waals surface area contributed by atoms with Crippen molar-refractivity contribution in [3.8, 4) is 5.75 Å². The predicted octanol–water partition coefficient (Wildman–Crippen LogP) is 3.75. The number of benzene rings is 1. The minimum Gasteiger partial charge on any atom is -0.489 e. The molecule has 1 heterocycles. The van der Waals surface area contributed by atoms with Gasteiger partial charge < -0.3 is 19.7 Å². The highest BCUT2D eigenvalue weighted by atomic mass is 16.5. The Bertz CT molecular complexity index is 614. The molecule has 2 aliphatic rings. The third-order valence-corrected chi connectivity index (χ3v) is 5.27. The van der Waals surface area contributed by atoms with E-state index in [1.807, 2.05) is 50.1 Å². The van der Waals surface area contributed by atoms with Crippen molar-refractivity contribution in [1.82, 2.24) is 4.90 Å². The van der Waals surface area contributed by atoms with Crippen LogP contribution in [0.5, 0.6) is 5.75 Å². The Hall–Kier alpha value is -1.75. The molecule has 0 unspecified atom stereocenters. The Morgan fingerprint density at radius 2 is 2.08 bits per heavy atom. The highest BCUT2D eigenvalue weighted by molar-refractivity contribution is 5.91. The third kappa shape index (κ3) is 2.86. The van der Waals surface area contributed by atoms with Gasteiger partial charge in [0.15, 0.2) is 0 Å². The monoisotopic (exact) mass is 332 g/mol. The highest BCUT2D eigenvalue weighted by Crippen LogP contribution is 2.54. The molecule has 1 N–H and O–H groups in total. The van der Waals surface area contributed by atoms with Crippen LogP contribution in [0, 0.1) is 11.3 Å². The van der Waals surface area contributed by atoms with E-state index in [-0.39, 0.29) is 29.7 Å². The average molecular weight is 332 g/mol. The van der Waals surface area contributed by atoms with Gasteiger partial charge in [-0.15, -0.1) is 0 Å². The molecule has 1 aliphatic heterocycles. The fraction of sp³-hybridized carbons (Fsp3) is 0.632. The molecule has 0 radical (unpaired) electrons. The van der Waals surface area contributed by atoms with Crippen molar-refractivity contribution in [3.05, 3.63) is 24.3 Å². The van der Waals surface area contributed by atoms with E-state index in [4.69, 9.17) is 9.47 Å². The summed E-state index contributed by atoms with van der Waals surface area (Å²) in [7, 11) is 1.88. The van der Waals surface area contributed by atoms with Crippen LogP contribution in [-0.4, -0.2) is 42.8 Å². The first-order chi connectivity index (χ1) is 11.3. The van der Waals surface area contributed by atoms with Crippen molar-refractivity contribution in [2.24, 2.45) is 11.3 Å². The van der Waals surface area contributed by atoms with Gasteiger partial charge >= 0.3 is 6.03 Å². The number of hydrogen-bond donors (Lipinski definition) is 1. The lowest BCUT2D eigenvalue weighted by atomic mass is 9.57. The van der Waals surface area contributed by atoms with Gasteiger partial charge in [0.25, 0.3) is 0 Å². The topological polar surface area (TPSA) is 50.8 Å². The molecule has 3 rings (SSSR count). The van der Waals surface area contributed by atoms with Gasteiger partial charge in [0.1, 0.15) is 5.75 Å². The summed E-state index contributed by atoms with van der Waals surface area (Å²) < 4.78 is 11.6. The zero-order valence-electron chi connectivity index (χ0n) is 15.2. The summed E-state index contributed by atoms with van der Waals surface area (Å²) in [5.74, 6) is 1.14. The van der Waals surface area contributed by atoms with Crippen LogP contribution >= 0.6 is 0 Å². The van der Waals surface area contributed by atoms with Gasteiger partial charge in [-0.1, -0.05) is 26.0 Å². The standard InChI is InChI=1S/C19H28N2O3/c1-12(2)24-15-9-7-6-8-14(15)20-18(22)21(5)16-13-10-11-23-17(13)19(16,3)4/h6-9,12-13,16-17H,10-11H2,1-5H3,(H,20,22)/t13-,16-,17+/m1/s1. The summed E-state index contributed by atoms with van der Waals surface area (Å²) in [5, 5.41) is 3.00. The first-order valence-corrected chi connectivity index (χ1v) is 8.73. The van der Waals surface area contributed by atoms with Crippen LogP contribution in [0.25, 0.3) is 0 Å². The maximum atomic E-state index is 12.8. The molecule has 24 heavy (non-hydrogen) atoms. The summed E-state index contributed by atoms with van der Waals surface area (Å²) in [5.41, 5.74) is 0.695. The molecule has 1 saturated heterocycles. The van der Waals surface area contributed by atoms with E-state index in [1.54, 1.807) is 0 Å². The van der Waals surface area contributed by atoms with Crippen LogP contribution in [0.1, 0.15) is 34.1 Å². The van der Waals surface area contributed by atoms with Crippen molar-refractivity contribution in [1.29, 1.82) is 0 Å². The predicted molar refractivity (Wildman–Crippen MR) is 94.4 cm³/mol.